The van der Waals surface area contributed by atoms with Crippen LogP contribution < -0.4 is 15.5 Å². The molecule has 0 spiro atoms. The highest BCUT2D eigenvalue weighted by molar-refractivity contribution is 6.03. The Kier molecular flexibility index (Phi) is 11.1. The summed E-state index contributed by atoms with van der Waals surface area (Å²) in [6.45, 7) is -0.0569. The number of amides is 3. The highest BCUT2D eigenvalue weighted by atomic mass is 16.5. The molecule has 0 radical (unpaired) electrons. The van der Waals surface area contributed by atoms with Crippen LogP contribution >= 0.6 is 0 Å². The normalized spacial score (nSPS) is 12.8. The van der Waals surface area contributed by atoms with Crippen molar-refractivity contribution in [2.75, 3.05) is 4.90 Å². The highest BCUT2D eigenvalue weighted by Gasteiger charge is 2.29. The standard InChI is InChI=1S/C36H35N5O6/c42-32(30(22-26-13-5-2-6-14-26)40-35(44)33-18-20-38-47-33)23-28(21-25-11-3-1-4-12-25)39-34(43)29-16-7-8-17-31(29)41(36(45)46)24-27-15-9-10-19-37-27/h1-20,28,30,32,42H,21-24H2,(H,39,43)(H,40,44)(H,45,46)/t28-,30-,32-/m0/s1. The van der Waals surface area contributed by atoms with Crippen molar-refractivity contribution in [3.05, 3.63) is 150 Å². The number of nitrogens with zero attached hydrogens (tertiary/aromatic N) is 3. The number of rotatable bonds is 14. The van der Waals surface area contributed by atoms with Gasteiger partial charge in [-0.25, -0.2) is 4.79 Å². The van der Waals surface area contributed by atoms with Crippen LogP contribution in [-0.4, -0.2) is 56.4 Å². The zero-order valence-corrected chi connectivity index (χ0v) is 25.5. The predicted octanol–water partition coefficient (Wildman–Crippen LogP) is 4.89. The Morgan fingerprint density at radius 2 is 1.40 bits per heavy atom. The fraction of sp³-hybridized carbons (Fsp3) is 0.194. The zero-order valence-electron chi connectivity index (χ0n) is 25.5. The van der Waals surface area contributed by atoms with Crippen molar-refractivity contribution < 1.29 is 29.1 Å². The Labute approximate surface area is 271 Å². The van der Waals surface area contributed by atoms with Crippen molar-refractivity contribution in [2.24, 2.45) is 0 Å². The molecule has 11 heteroatoms. The summed E-state index contributed by atoms with van der Waals surface area (Å²) in [6.07, 6.45) is 1.38. The summed E-state index contributed by atoms with van der Waals surface area (Å²) in [5.74, 6) is -1.03. The Hall–Kier alpha value is -5.81. The van der Waals surface area contributed by atoms with E-state index < -0.39 is 36.1 Å². The van der Waals surface area contributed by atoms with Crippen LogP contribution in [0.1, 0.15) is 44.2 Å². The first kappa shape index (κ1) is 32.6. The number of para-hydroxylation sites is 1. The number of hydrogen-bond acceptors (Lipinski definition) is 7. The van der Waals surface area contributed by atoms with Gasteiger partial charge in [0.2, 0.25) is 5.76 Å². The van der Waals surface area contributed by atoms with Gasteiger partial charge in [0.25, 0.3) is 11.8 Å². The van der Waals surface area contributed by atoms with Crippen molar-refractivity contribution in [1.82, 2.24) is 20.8 Å². The lowest BCUT2D eigenvalue weighted by Crippen LogP contribution is -2.48. The minimum Gasteiger partial charge on any atom is -0.465 e. The van der Waals surface area contributed by atoms with Crippen molar-refractivity contribution in [2.45, 2.75) is 44.0 Å². The molecular weight excluding hydrogens is 598 g/mol. The SMILES string of the molecule is O=C(N[C@@H](Cc1ccccc1)[C@@H](O)C[C@H](Cc1ccccc1)NC(=O)c1ccccc1N(Cc1ccccn1)C(=O)O)c1ccno1. The molecule has 0 bridgehead atoms. The number of hydrogen-bond donors (Lipinski definition) is 4. The van der Waals surface area contributed by atoms with Crippen molar-refractivity contribution in [3.8, 4) is 0 Å². The molecule has 11 nitrogen and oxygen atoms in total. The Morgan fingerprint density at radius 3 is 2.04 bits per heavy atom. The van der Waals surface area contributed by atoms with E-state index in [-0.39, 0.29) is 30.0 Å². The molecule has 0 aliphatic carbocycles. The first-order valence-corrected chi connectivity index (χ1v) is 15.1. The maximum absolute atomic E-state index is 13.9. The molecule has 2 heterocycles. The third-order valence-electron chi connectivity index (χ3n) is 7.64. The van der Waals surface area contributed by atoms with Crippen LogP contribution in [0.2, 0.25) is 0 Å². The molecule has 4 N–H and O–H groups in total. The summed E-state index contributed by atoms with van der Waals surface area (Å²) in [6, 6.07) is 30.7. The molecule has 47 heavy (non-hydrogen) atoms. The second-order valence-corrected chi connectivity index (χ2v) is 11.0. The molecule has 3 atom stereocenters. The Balaban J connectivity index is 1.40. The van der Waals surface area contributed by atoms with Crippen LogP contribution in [-0.2, 0) is 19.4 Å². The highest BCUT2D eigenvalue weighted by Crippen LogP contribution is 2.24. The largest absolute Gasteiger partial charge is 0.465 e. The number of benzene rings is 3. The number of carbonyl (C=O) groups excluding carboxylic acids is 2. The van der Waals surface area contributed by atoms with Crippen LogP contribution in [0.3, 0.4) is 0 Å². The Morgan fingerprint density at radius 1 is 0.745 bits per heavy atom. The van der Waals surface area contributed by atoms with Crippen LogP contribution in [0, 0.1) is 0 Å². The lowest BCUT2D eigenvalue weighted by molar-refractivity contribution is 0.0732. The van der Waals surface area contributed by atoms with Gasteiger partial charge in [0.1, 0.15) is 0 Å². The van der Waals surface area contributed by atoms with Crippen molar-refractivity contribution >= 4 is 23.6 Å². The average Bonchev–Trinajstić information content (AvgIpc) is 3.64. The molecule has 240 valence electrons. The van der Waals surface area contributed by atoms with Gasteiger partial charge in [0.15, 0.2) is 0 Å². The van der Waals surface area contributed by atoms with E-state index in [9.17, 15) is 24.6 Å². The van der Waals surface area contributed by atoms with Crippen LogP contribution in [0.5, 0.6) is 0 Å². The maximum Gasteiger partial charge on any atom is 0.412 e. The number of pyridine rings is 1. The van der Waals surface area contributed by atoms with Crippen molar-refractivity contribution in [3.63, 3.8) is 0 Å². The topological polar surface area (TPSA) is 158 Å². The summed E-state index contributed by atoms with van der Waals surface area (Å²) in [5, 5.41) is 31.2. The van der Waals surface area contributed by atoms with Crippen LogP contribution in [0.15, 0.2) is 126 Å². The number of aliphatic hydroxyl groups excluding tert-OH is 1. The van der Waals surface area contributed by atoms with E-state index in [0.29, 0.717) is 18.5 Å². The molecule has 0 aliphatic heterocycles. The van der Waals surface area contributed by atoms with E-state index in [4.69, 9.17) is 4.52 Å². The van der Waals surface area contributed by atoms with Crippen molar-refractivity contribution in [1.29, 1.82) is 0 Å². The lowest BCUT2D eigenvalue weighted by Gasteiger charge is -2.29. The van der Waals surface area contributed by atoms with Crippen LogP contribution in [0.25, 0.3) is 0 Å². The fourth-order valence-electron chi connectivity index (χ4n) is 5.35. The van der Waals surface area contributed by atoms with E-state index in [1.807, 2.05) is 60.7 Å². The number of aromatic nitrogens is 2. The Bertz CT molecular complexity index is 1740. The third kappa shape index (κ3) is 9.12. The van der Waals surface area contributed by atoms with E-state index in [1.165, 1.54) is 12.3 Å². The molecule has 0 unspecified atom stereocenters. The number of anilines is 1. The number of aliphatic hydroxyl groups is 1. The molecular formula is C36H35N5O6. The molecule has 5 aromatic rings. The van der Waals surface area contributed by atoms with Gasteiger partial charge in [-0.15, -0.1) is 0 Å². The van der Waals surface area contributed by atoms with E-state index in [0.717, 1.165) is 16.0 Å². The van der Waals surface area contributed by atoms with Gasteiger partial charge in [-0.05, 0) is 54.7 Å². The van der Waals surface area contributed by atoms with Gasteiger partial charge < -0.3 is 25.4 Å². The average molecular weight is 634 g/mol. The van der Waals surface area contributed by atoms with E-state index >= 15 is 0 Å². The molecule has 0 saturated heterocycles. The van der Waals surface area contributed by atoms with Crippen LogP contribution in [0.4, 0.5) is 10.5 Å². The van der Waals surface area contributed by atoms with Gasteiger partial charge in [-0.2, -0.15) is 0 Å². The summed E-state index contributed by atoms with van der Waals surface area (Å²) in [5.41, 5.74) is 2.69. The molecule has 0 aliphatic rings. The van der Waals surface area contributed by atoms with E-state index in [1.54, 1.807) is 48.7 Å². The first-order chi connectivity index (χ1) is 22.9. The minimum absolute atomic E-state index is 0.00898. The fourth-order valence-corrected chi connectivity index (χ4v) is 5.35. The van der Waals surface area contributed by atoms with Gasteiger partial charge in [0.05, 0.1) is 41.8 Å². The van der Waals surface area contributed by atoms with Gasteiger partial charge in [-0.1, -0.05) is 84.0 Å². The molecule has 5 rings (SSSR count). The molecule has 2 aromatic heterocycles. The summed E-state index contributed by atoms with van der Waals surface area (Å²) in [4.78, 5) is 44.5. The molecule has 0 fully saturated rings. The summed E-state index contributed by atoms with van der Waals surface area (Å²) >= 11 is 0. The number of nitrogens with one attached hydrogen (secondary N) is 2. The quantitative estimate of drug-likeness (QED) is 0.135. The molecule has 3 amide bonds. The first-order valence-electron chi connectivity index (χ1n) is 15.1. The second kappa shape index (κ2) is 16.0. The van der Waals surface area contributed by atoms with Gasteiger partial charge >= 0.3 is 6.09 Å². The summed E-state index contributed by atoms with van der Waals surface area (Å²) in [7, 11) is 0. The number of carbonyl (C=O) groups is 3. The molecule has 0 saturated carbocycles. The predicted molar refractivity (Wildman–Crippen MR) is 175 cm³/mol. The van der Waals surface area contributed by atoms with Gasteiger partial charge in [0, 0.05) is 18.3 Å². The zero-order chi connectivity index (χ0) is 33.0. The lowest BCUT2D eigenvalue weighted by atomic mass is 9.93. The molecule has 3 aromatic carbocycles. The summed E-state index contributed by atoms with van der Waals surface area (Å²) < 4.78 is 5.02. The monoisotopic (exact) mass is 633 g/mol. The minimum atomic E-state index is -1.24. The smallest absolute Gasteiger partial charge is 0.412 e. The second-order valence-electron chi connectivity index (χ2n) is 11.0. The van der Waals surface area contributed by atoms with E-state index in [2.05, 4.69) is 20.8 Å². The maximum atomic E-state index is 13.9. The van der Waals surface area contributed by atoms with Gasteiger partial charge in [-0.3, -0.25) is 19.5 Å². The number of carboxylic acid groups (broad SMARTS) is 1. The third-order valence-corrected chi connectivity index (χ3v) is 7.64.